The van der Waals surface area contributed by atoms with Crippen molar-refractivity contribution in [3.63, 3.8) is 0 Å². The van der Waals surface area contributed by atoms with E-state index in [1.165, 1.54) is 75.8 Å². The van der Waals surface area contributed by atoms with E-state index in [1.807, 2.05) is 7.05 Å². The van der Waals surface area contributed by atoms with Gasteiger partial charge in [0.2, 0.25) is 0 Å². The molecule has 6 heteroatoms. The second-order valence-electron chi connectivity index (χ2n) is 8.77. The van der Waals surface area contributed by atoms with Crippen molar-refractivity contribution in [2.45, 2.75) is 77.5 Å². The lowest BCUT2D eigenvalue weighted by atomic mass is 10.0. The number of rotatable bonds is 7. The summed E-state index contributed by atoms with van der Waals surface area (Å²) in [6.07, 6.45) is 7.68. The maximum atomic E-state index is 4.48. The zero-order valence-electron chi connectivity index (χ0n) is 19.2. The van der Waals surface area contributed by atoms with Crippen molar-refractivity contribution in [2.75, 3.05) is 33.2 Å². The van der Waals surface area contributed by atoms with Crippen molar-refractivity contribution in [3.8, 4) is 0 Å². The van der Waals surface area contributed by atoms with Crippen LogP contribution >= 0.6 is 24.0 Å². The lowest BCUT2D eigenvalue weighted by Crippen LogP contribution is -2.48. The van der Waals surface area contributed by atoms with Gasteiger partial charge in [-0.25, -0.2) is 0 Å². The Balaban J connectivity index is 0.00000320. The van der Waals surface area contributed by atoms with Crippen LogP contribution in [0.25, 0.3) is 0 Å². The van der Waals surface area contributed by atoms with Crippen LogP contribution in [0, 0.1) is 0 Å². The number of benzene rings is 1. The Kier molecular flexibility index (Phi) is 11.5. The summed E-state index contributed by atoms with van der Waals surface area (Å²) in [5.41, 5.74) is 2.82. The van der Waals surface area contributed by atoms with Crippen LogP contribution in [0.4, 0.5) is 0 Å². The van der Waals surface area contributed by atoms with Gasteiger partial charge in [-0.1, -0.05) is 37.6 Å². The van der Waals surface area contributed by atoms with E-state index in [2.05, 4.69) is 63.5 Å². The molecule has 1 atom stereocenters. The molecule has 30 heavy (non-hydrogen) atoms. The molecule has 0 spiro atoms. The highest BCUT2D eigenvalue weighted by Gasteiger charge is 2.20. The average molecular weight is 528 g/mol. The summed E-state index contributed by atoms with van der Waals surface area (Å²) >= 11 is 0. The normalized spacial score (nSPS) is 21.8. The number of piperidine rings is 2. The fourth-order valence-corrected chi connectivity index (χ4v) is 4.68. The summed E-state index contributed by atoms with van der Waals surface area (Å²) in [6.45, 7) is 11.4. The molecular formula is C24H42IN5. The van der Waals surface area contributed by atoms with Crippen LogP contribution in [0.3, 0.4) is 0 Å². The Morgan fingerprint density at radius 3 is 2.47 bits per heavy atom. The van der Waals surface area contributed by atoms with Crippen LogP contribution < -0.4 is 10.6 Å². The minimum Gasteiger partial charge on any atom is -0.354 e. The Morgan fingerprint density at radius 2 is 1.80 bits per heavy atom. The smallest absolute Gasteiger partial charge is 0.191 e. The van der Waals surface area contributed by atoms with Gasteiger partial charge in [-0.15, -0.1) is 24.0 Å². The highest BCUT2D eigenvalue weighted by Crippen LogP contribution is 2.21. The summed E-state index contributed by atoms with van der Waals surface area (Å²) in [7, 11) is 1.88. The summed E-state index contributed by atoms with van der Waals surface area (Å²) in [6, 6.07) is 10.1. The summed E-state index contributed by atoms with van der Waals surface area (Å²) in [5.74, 6) is 0.931. The van der Waals surface area contributed by atoms with Crippen molar-refractivity contribution in [2.24, 2.45) is 4.99 Å². The first-order chi connectivity index (χ1) is 14.2. The van der Waals surface area contributed by atoms with Crippen molar-refractivity contribution >= 4 is 29.9 Å². The van der Waals surface area contributed by atoms with Crippen LogP contribution in [0.15, 0.2) is 29.3 Å². The lowest BCUT2D eigenvalue weighted by molar-refractivity contribution is 0.152. The molecule has 2 saturated heterocycles. The summed E-state index contributed by atoms with van der Waals surface area (Å²) < 4.78 is 0. The minimum absolute atomic E-state index is 0. The van der Waals surface area contributed by atoms with E-state index < -0.39 is 0 Å². The Hall–Kier alpha value is -0.860. The number of halogens is 1. The molecular weight excluding hydrogens is 485 g/mol. The third-order valence-corrected chi connectivity index (χ3v) is 6.57. The van der Waals surface area contributed by atoms with Crippen molar-refractivity contribution in [3.05, 3.63) is 35.4 Å². The lowest BCUT2D eigenvalue weighted by Gasteiger charge is -2.34. The molecule has 0 radical (unpaired) electrons. The minimum atomic E-state index is 0. The van der Waals surface area contributed by atoms with E-state index in [-0.39, 0.29) is 24.0 Å². The first-order valence-electron chi connectivity index (χ1n) is 11.7. The second-order valence-corrected chi connectivity index (χ2v) is 8.77. The number of aliphatic imine (C=N–C) groups is 1. The topological polar surface area (TPSA) is 42.9 Å². The number of hydrogen-bond acceptors (Lipinski definition) is 3. The standard InChI is InChI=1S/C24H41N5.HI/c1-4-14-28-16-12-23(13-17-28)27-24(25-3)26-18-21-10-5-6-11-22(21)19-29-15-8-7-9-20(29)2;/h5-6,10-11,20,23H,4,7-9,12-19H2,1-3H3,(H2,25,26,27);1H. The van der Waals surface area contributed by atoms with Gasteiger partial charge in [0.1, 0.15) is 0 Å². The Labute approximate surface area is 201 Å². The zero-order valence-corrected chi connectivity index (χ0v) is 21.5. The maximum absolute atomic E-state index is 4.48. The van der Waals surface area contributed by atoms with Crippen LogP contribution in [-0.2, 0) is 13.1 Å². The molecule has 170 valence electrons. The number of nitrogens with zero attached hydrogens (tertiary/aromatic N) is 3. The Morgan fingerprint density at radius 1 is 1.07 bits per heavy atom. The summed E-state index contributed by atoms with van der Waals surface area (Å²) in [4.78, 5) is 9.69. The largest absolute Gasteiger partial charge is 0.354 e. The third kappa shape index (κ3) is 7.68. The highest BCUT2D eigenvalue weighted by atomic mass is 127. The van der Waals surface area contributed by atoms with Crippen LogP contribution in [0.2, 0.25) is 0 Å². The molecule has 2 N–H and O–H groups in total. The van der Waals surface area contributed by atoms with Crippen LogP contribution in [0.5, 0.6) is 0 Å². The number of hydrogen-bond donors (Lipinski definition) is 2. The fourth-order valence-electron chi connectivity index (χ4n) is 4.68. The summed E-state index contributed by atoms with van der Waals surface area (Å²) in [5, 5.41) is 7.21. The average Bonchev–Trinajstić information content (AvgIpc) is 2.75. The van der Waals surface area contributed by atoms with Gasteiger partial charge in [0, 0.05) is 45.3 Å². The number of likely N-dealkylation sites (tertiary alicyclic amines) is 2. The fraction of sp³-hybridized carbons (Fsp3) is 0.708. The van der Waals surface area contributed by atoms with E-state index in [4.69, 9.17) is 0 Å². The van der Waals surface area contributed by atoms with E-state index in [9.17, 15) is 0 Å². The van der Waals surface area contributed by atoms with Crippen LogP contribution in [0.1, 0.15) is 63.5 Å². The molecule has 2 heterocycles. The van der Waals surface area contributed by atoms with E-state index >= 15 is 0 Å². The highest BCUT2D eigenvalue weighted by molar-refractivity contribution is 14.0. The predicted molar refractivity (Wildman–Crippen MR) is 139 cm³/mol. The van der Waals surface area contributed by atoms with Gasteiger partial charge in [0.15, 0.2) is 5.96 Å². The van der Waals surface area contributed by atoms with Gasteiger partial charge in [0.25, 0.3) is 0 Å². The van der Waals surface area contributed by atoms with Crippen molar-refractivity contribution in [1.82, 2.24) is 20.4 Å². The number of nitrogens with one attached hydrogen (secondary N) is 2. The molecule has 1 aromatic carbocycles. The van der Waals surface area contributed by atoms with E-state index in [1.54, 1.807) is 0 Å². The van der Waals surface area contributed by atoms with Gasteiger partial charge in [-0.05, 0) is 63.2 Å². The molecule has 0 aliphatic carbocycles. The molecule has 2 fully saturated rings. The number of guanidine groups is 1. The molecule has 1 aromatic rings. The molecule has 0 aromatic heterocycles. The second kappa shape index (κ2) is 13.5. The molecule has 0 amide bonds. The maximum Gasteiger partial charge on any atom is 0.191 e. The van der Waals surface area contributed by atoms with Gasteiger partial charge >= 0.3 is 0 Å². The van der Waals surface area contributed by atoms with Crippen molar-refractivity contribution in [1.29, 1.82) is 0 Å². The van der Waals surface area contributed by atoms with E-state index in [0.29, 0.717) is 12.1 Å². The first-order valence-corrected chi connectivity index (χ1v) is 11.7. The van der Waals surface area contributed by atoms with Gasteiger partial charge in [0.05, 0.1) is 0 Å². The molecule has 0 bridgehead atoms. The Bertz CT molecular complexity index is 642. The zero-order chi connectivity index (χ0) is 20.5. The molecule has 3 rings (SSSR count). The van der Waals surface area contributed by atoms with E-state index in [0.717, 1.165) is 19.0 Å². The van der Waals surface area contributed by atoms with Crippen LogP contribution in [-0.4, -0.2) is 61.1 Å². The van der Waals surface area contributed by atoms with Crippen molar-refractivity contribution < 1.29 is 0 Å². The van der Waals surface area contributed by atoms with Gasteiger partial charge in [-0.2, -0.15) is 0 Å². The predicted octanol–water partition coefficient (Wildman–Crippen LogP) is 4.22. The molecule has 5 nitrogen and oxygen atoms in total. The SMILES string of the molecule is CCCN1CCC(NC(=NC)NCc2ccccc2CN2CCCCC2C)CC1.I. The molecule has 2 aliphatic heterocycles. The monoisotopic (exact) mass is 527 g/mol. The third-order valence-electron chi connectivity index (χ3n) is 6.57. The molecule has 1 unspecified atom stereocenters. The van der Waals surface area contributed by atoms with Gasteiger partial charge in [-0.3, -0.25) is 9.89 Å². The first kappa shape index (κ1) is 25.4. The molecule has 0 saturated carbocycles. The molecule has 2 aliphatic rings. The quantitative estimate of drug-likeness (QED) is 0.317. The van der Waals surface area contributed by atoms with Gasteiger partial charge < -0.3 is 15.5 Å².